The molecule has 0 amide bonds. The summed E-state index contributed by atoms with van der Waals surface area (Å²) >= 11 is 7.66. The van der Waals surface area contributed by atoms with Gasteiger partial charge in [-0.25, -0.2) is 4.98 Å². The molecule has 0 saturated carbocycles. The van der Waals surface area contributed by atoms with Gasteiger partial charge in [0.1, 0.15) is 16.5 Å². The molecule has 0 fully saturated rings. The maximum absolute atomic E-state index is 12.7. The second kappa shape index (κ2) is 7.28. The Hall–Kier alpha value is -2.06. The second-order valence-corrected chi connectivity index (χ2v) is 7.08. The van der Waals surface area contributed by atoms with E-state index in [1.807, 2.05) is 13.0 Å². The molecule has 26 heavy (non-hydrogen) atoms. The maximum atomic E-state index is 12.7. The molecule has 0 N–H and O–H groups in total. The van der Waals surface area contributed by atoms with E-state index in [1.165, 1.54) is 12.3 Å². The maximum Gasteiger partial charge on any atom is 0.433 e. The van der Waals surface area contributed by atoms with E-state index in [-0.39, 0.29) is 0 Å². The highest BCUT2D eigenvalue weighted by Crippen LogP contribution is 2.33. The van der Waals surface area contributed by atoms with Crippen LogP contribution in [0.1, 0.15) is 12.6 Å². The molecule has 0 unspecified atom stereocenters. The third-order valence-corrected chi connectivity index (χ3v) is 4.74. The average molecular weight is 399 g/mol. The molecule has 4 nitrogen and oxygen atoms in total. The minimum Gasteiger partial charge on any atom is -0.266 e. The van der Waals surface area contributed by atoms with E-state index in [9.17, 15) is 13.2 Å². The third kappa shape index (κ3) is 3.86. The van der Waals surface area contributed by atoms with Crippen molar-refractivity contribution < 1.29 is 13.2 Å². The Morgan fingerprint density at radius 2 is 1.96 bits per heavy atom. The van der Waals surface area contributed by atoms with Gasteiger partial charge in [-0.05, 0) is 36.1 Å². The van der Waals surface area contributed by atoms with Crippen LogP contribution in [0.4, 0.5) is 13.2 Å². The van der Waals surface area contributed by atoms with Crippen LogP contribution in [0.15, 0.2) is 41.4 Å². The minimum absolute atomic E-state index is 0.361. The molecule has 136 valence electrons. The topological polar surface area (TPSA) is 43.6 Å². The van der Waals surface area contributed by atoms with Crippen LogP contribution in [0.3, 0.4) is 0 Å². The van der Waals surface area contributed by atoms with Crippen molar-refractivity contribution in [2.45, 2.75) is 18.0 Å². The molecule has 3 heterocycles. The first-order valence-corrected chi connectivity index (χ1v) is 9.03. The molecule has 3 aromatic rings. The van der Waals surface area contributed by atoms with Gasteiger partial charge in [-0.15, -0.1) is 11.8 Å². The average Bonchev–Trinajstić information content (AvgIpc) is 2.98. The molecule has 0 radical (unpaired) electrons. The monoisotopic (exact) mass is 398 g/mol. The predicted molar refractivity (Wildman–Crippen MR) is 96.1 cm³/mol. The van der Waals surface area contributed by atoms with Crippen LogP contribution in [0.25, 0.3) is 22.6 Å². The number of hydrogen-bond donors (Lipinski definition) is 0. The van der Waals surface area contributed by atoms with Gasteiger partial charge in [0.05, 0.1) is 11.4 Å². The summed E-state index contributed by atoms with van der Waals surface area (Å²) in [5.74, 6) is 0.865. The van der Waals surface area contributed by atoms with Gasteiger partial charge in [0.2, 0.25) is 0 Å². The van der Waals surface area contributed by atoms with Gasteiger partial charge in [0, 0.05) is 23.7 Å². The molecule has 0 aromatic carbocycles. The fourth-order valence-corrected chi connectivity index (χ4v) is 3.33. The van der Waals surface area contributed by atoms with Gasteiger partial charge >= 0.3 is 6.18 Å². The van der Waals surface area contributed by atoms with Crippen molar-refractivity contribution in [2.24, 2.45) is 7.05 Å². The van der Waals surface area contributed by atoms with Crippen molar-refractivity contribution in [1.82, 2.24) is 19.7 Å². The molecule has 0 aliphatic rings. The summed E-state index contributed by atoms with van der Waals surface area (Å²) in [6, 6.07) is 7.68. The molecular formula is C17H14ClF3N4S. The highest BCUT2D eigenvalue weighted by atomic mass is 35.5. The normalized spacial score (nSPS) is 11.8. The fraction of sp³-hybridized carbons (Fsp3) is 0.235. The van der Waals surface area contributed by atoms with Crippen molar-refractivity contribution in [3.63, 3.8) is 0 Å². The van der Waals surface area contributed by atoms with Gasteiger partial charge in [-0.2, -0.15) is 18.3 Å². The number of hydrogen-bond acceptors (Lipinski definition) is 4. The second-order valence-electron chi connectivity index (χ2n) is 5.38. The Bertz CT molecular complexity index is 923. The van der Waals surface area contributed by atoms with E-state index < -0.39 is 11.9 Å². The fourth-order valence-electron chi connectivity index (χ4n) is 2.42. The van der Waals surface area contributed by atoms with Crippen molar-refractivity contribution in [3.05, 3.63) is 47.4 Å². The zero-order chi connectivity index (χ0) is 18.9. The van der Waals surface area contributed by atoms with Gasteiger partial charge < -0.3 is 0 Å². The summed E-state index contributed by atoms with van der Waals surface area (Å²) in [5.41, 5.74) is 1.48. The Balaban J connectivity index is 2.02. The van der Waals surface area contributed by atoms with Gasteiger partial charge in [-0.1, -0.05) is 18.5 Å². The number of thioether (sulfide) groups is 1. The predicted octanol–water partition coefficient (Wildman–Crippen LogP) is 5.33. The first-order valence-electron chi connectivity index (χ1n) is 7.67. The molecule has 3 rings (SSSR count). The van der Waals surface area contributed by atoms with Crippen LogP contribution >= 0.6 is 23.4 Å². The summed E-state index contributed by atoms with van der Waals surface area (Å²) in [6.45, 7) is 2.03. The molecule has 0 aliphatic carbocycles. The van der Waals surface area contributed by atoms with Crippen LogP contribution in [0, 0.1) is 0 Å². The van der Waals surface area contributed by atoms with Gasteiger partial charge in [0.25, 0.3) is 0 Å². The first kappa shape index (κ1) is 18.7. The smallest absolute Gasteiger partial charge is 0.266 e. The van der Waals surface area contributed by atoms with Crippen molar-refractivity contribution >= 4 is 23.4 Å². The summed E-state index contributed by atoms with van der Waals surface area (Å²) in [6.07, 6.45) is -3.30. The molecule has 0 saturated heterocycles. The van der Waals surface area contributed by atoms with Crippen LogP contribution in [-0.2, 0) is 13.2 Å². The van der Waals surface area contributed by atoms with E-state index >= 15 is 0 Å². The summed E-state index contributed by atoms with van der Waals surface area (Å²) in [4.78, 5) is 8.84. The standard InChI is InChI=1S/C17H14ClF3N4S/c1-3-26-13-5-7-15(18)23-16(13)12-8-11(24-25(12)2)10-4-6-14(22-9-10)17(19,20)21/h4-9H,3H2,1-2H3. The lowest BCUT2D eigenvalue weighted by molar-refractivity contribution is -0.141. The van der Waals surface area contributed by atoms with E-state index in [1.54, 1.807) is 35.6 Å². The number of halogens is 4. The van der Waals surface area contributed by atoms with Crippen molar-refractivity contribution in [3.8, 4) is 22.6 Å². The number of alkyl halides is 3. The van der Waals surface area contributed by atoms with Gasteiger partial charge in [-0.3, -0.25) is 9.67 Å². The number of nitrogens with zero attached hydrogens (tertiary/aromatic N) is 4. The van der Waals surface area contributed by atoms with Crippen LogP contribution < -0.4 is 0 Å². The number of rotatable bonds is 4. The Kier molecular flexibility index (Phi) is 5.24. The zero-order valence-corrected chi connectivity index (χ0v) is 15.5. The SMILES string of the molecule is CCSc1ccc(Cl)nc1-c1cc(-c2ccc(C(F)(F)F)nc2)nn1C. The van der Waals surface area contributed by atoms with E-state index in [0.717, 1.165) is 22.4 Å². The Labute approximate surface area is 157 Å². The highest BCUT2D eigenvalue weighted by Gasteiger charge is 2.32. The molecule has 3 aromatic heterocycles. The Morgan fingerprint density at radius 1 is 1.19 bits per heavy atom. The van der Waals surface area contributed by atoms with E-state index in [2.05, 4.69) is 15.1 Å². The zero-order valence-electron chi connectivity index (χ0n) is 13.9. The molecule has 9 heteroatoms. The molecule has 0 spiro atoms. The van der Waals surface area contributed by atoms with Crippen molar-refractivity contribution in [2.75, 3.05) is 5.75 Å². The third-order valence-electron chi connectivity index (χ3n) is 3.60. The lowest BCUT2D eigenvalue weighted by Gasteiger charge is -2.07. The number of pyridine rings is 2. The largest absolute Gasteiger partial charge is 0.433 e. The number of aromatic nitrogens is 4. The molecule has 0 aliphatic heterocycles. The summed E-state index contributed by atoms with van der Waals surface area (Å²) < 4.78 is 39.6. The number of aryl methyl sites for hydroxylation is 1. The lowest BCUT2D eigenvalue weighted by Crippen LogP contribution is -2.07. The molecule has 0 atom stereocenters. The first-order chi connectivity index (χ1) is 12.3. The molecule has 0 bridgehead atoms. The quantitative estimate of drug-likeness (QED) is 0.440. The lowest BCUT2D eigenvalue weighted by atomic mass is 10.1. The summed E-state index contributed by atoms with van der Waals surface area (Å²) in [5, 5.41) is 4.74. The van der Waals surface area contributed by atoms with Crippen LogP contribution in [0.2, 0.25) is 5.15 Å². The van der Waals surface area contributed by atoms with Gasteiger partial charge in [0.15, 0.2) is 0 Å². The summed E-state index contributed by atoms with van der Waals surface area (Å²) in [7, 11) is 1.75. The van der Waals surface area contributed by atoms with Crippen molar-refractivity contribution in [1.29, 1.82) is 0 Å². The van der Waals surface area contributed by atoms with Crippen LogP contribution in [-0.4, -0.2) is 25.5 Å². The van der Waals surface area contributed by atoms with Crippen LogP contribution in [0.5, 0.6) is 0 Å². The van der Waals surface area contributed by atoms with E-state index in [4.69, 9.17) is 11.6 Å². The highest BCUT2D eigenvalue weighted by molar-refractivity contribution is 7.99. The van der Waals surface area contributed by atoms with E-state index in [0.29, 0.717) is 22.1 Å². The molecular weight excluding hydrogens is 385 g/mol. The Morgan fingerprint density at radius 3 is 2.58 bits per heavy atom. The minimum atomic E-state index is -4.47.